The Bertz CT molecular complexity index is 128. The van der Waals surface area contributed by atoms with Crippen molar-refractivity contribution < 1.29 is 5.11 Å². The van der Waals surface area contributed by atoms with Crippen LogP contribution in [0.2, 0.25) is 0 Å². The number of nitrogens with one attached hydrogen (secondary N) is 1. The summed E-state index contributed by atoms with van der Waals surface area (Å²) in [5, 5.41) is 12.6. The Morgan fingerprint density at radius 2 is 1.89 bits per heavy atom. The van der Waals surface area contributed by atoms with Gasteiger partial charge in [0, 0.05) is 18.5 Å². The molecule has 2 heteroatoms. The summed E-state index contributed by atoms with van der Waals surface area (Å²) in [5.74, 6) is 0. The summed E-state index contributed by atoms with van der Waals surface area (Å²) in [4.78, 5) is 0. The third-order valence-corrected chi connectivity index (χ3v) is 2.51. The summed E-state index contributed by atoms with van der Waals surface area (Å²) in [7, 11) is 0. The van der Waals surface area contributed by atoms with Crippen LogP contribution in [0.25, 0.3) is 0 Å². The molecule has 1 saturated carbocycles. The Labute approximate surface area is 55.3 Å². The molecule has 1 heterocycles. The molecule has 0 atom stereocenters. The van der Waals surface area contributed by atoms with Gasteiger partial charge in [0.1, 0.15) is 0 Å². The Balaban J connectivity index is 1.96. The lowest BCUT2D eigenvalue weighted by atomic mass is 9.57. The standard InChI is InChI=1S/C7H13NO/c1-6(9)2-7(3-6)4-8-5-7/h8-9H,2-5H2,1H3. The van der Waals surface area contributed by atoms with E-state index in [1.807, 2.05) is 6.92 Å². The Hall–Kier alpha value is -0.0800. The highest BCUT2D eigenvalue weighted by Gasteiger charge is 2.53. The van der Waals surface area contributed by atoms with Gasteiger partial charge in [-0.15, -0.1) is 0 Å². The highest BCUT2D eigenvalue weighted by Crippen LogP contribution is 2.50. The molecule has 0 aromatic heterocycles. The van der Waals surface area contributed by atoms with Gasteiger partial charge in [0.15, 0.2) is 0 Å². The van der Waals surface area contributed by atoms with Gasteiger partial charge in [-0.2, -0.15) is 0 Å². The molecule has 2 aliphatic rings. The fourth-order valence-corrected chi connectivity index (χ4v) is 2.29. The van der Waals surface area contributed by atoms with Gasteiger partial charge in [-0.25, -0.2) is 0 Å². The van der Waals surface area contributed by atoms with Crippen LogP contribution in [0.4, 0.5) is 0 Å². The number of hydrogen-bond donors (Lipinski definition) is 2. The van der Waals surface area contributed by atoms with E-state index in [1.165, 1.54) is 0 Å². The molecule has 2 N–H and O–H groups in total. The molecule has 9 heavy (non-hydrogen) atoms. The normalized spacial score (nSPS) is 35.3. The van der Waals surface area contributed by atoms with Gasteiger partial charge in [-0.3, -0.25) is 0 Å². The molecular formula is C7H13NO. The third kappa shape index (κ3) is 0.700. The van der Waals surface area contributed by atoms with Gasteiger partial charge in [-0.1, -0.05) is 0 Å². The van der Waals surface area contributed by atoms with Gasteiger partial charge in [0.2, 0.25) is 0 Å². The molecule has 0 bridgehead atoms. The van der Waals surface area contributed by atoms with Crippen LogP contribution in [-0.2, 0) is 0 Å². The smallest absolute Gasteiger partial charge is 0.0632 e. The first kappa shape index (κ1) is 5.69. The van der Waals surface area contributed by atoms with Crippen LogP contribution in [0.5, 0.6) is 0 Å². The van der Waals surface area contributed by atoms with Crippen molar-refractivity contribution in [3.8, 4) is 0 Å². The van der Waals surface area contributed by atoms with E-state index in [2.05, 4.69) is 5.32 Å². The van der Waals surface area contributed by atoms with Crippen molar-refractivity contribution in [2.24, 2.45) is 5.41 Å². The van der Waals surface area contributed by atoms with Gasteiger partial charge < -0.3 is 10.4 Å². The van der Waals surface area contributed by atoms with E-state index >= 15 is 0 Å². The van der Waals surface area contributed by atoms with E-state index in [9.17, 15) is 5.11 Å². The lowest BCUT2D eigenvalue weighted by Crippen LogP contribution is -2.65. The lowest BCUT2D eigenvalue weighted by molar-refractivity contribution is -0.136. The molecule has 0 amide bonds. The largest absolute Gasteiger partial charge is 0.390 e. The fourth-order valence-electron chi connectivity index (χ4n) is 2.29. The van der Waals surface area contributed by atoms with Crippen LogP contribution in [-0.4, -0.2) is 23.8 Å². The molecule has 2 rings (SSSR count). The Morgan fingerprint density at radius 1 is 1.33 bits per heavy atom. The average Bonchev–Trinajstić information content (AvgIpc) is 1.54. The van der Waals surface area contributed by atoms with Crippen LogP contribution in [0.3, 0.4) is 0 Å². The second-order valence-corrected chi connectivity index (χ2v) is 3.95. The number of rotatable bonds is 0. The molecule has 0 radical (unpaired) electrons. The van der Waals surface area contributed by atoms with Crippen LogP contribution in [0.1, 0.15) is 19.8 Å². The average molecular weight is 127 g/mol. The number of hydrogen-bond acceptors (Lipinski definition) is 2. The SMILES string of the molecule is CC1(O)CC2(CNC2)C1. The van der Waals surface area contributed by atoms with E-state index < -0.39 is 0 Å². The maximum atomic E-state index is 9.39. The molecule has 1 aliphatic heterocycles. The maximum absolute atomic E-state index is 9.39. The second kappa shape index (κ2) is 1.32. The molecular weight excluding hydrogens is 114 g/mol. The van der Waals surface area contributed by atoms with Crippen LogP contribution < -0.4 is 5.32 Å². The maximum Gasteiger partial charge on any atom is 0.0632 e. The van der Waals surface area contributed by atoms with Gasteiger partial charge >= 0.3 is 0 Å². The molecule has 1 spiro atoms. The Morgan fingerprint density at radius 3 is 2.00 bits per heavy atom. The molecule has 0 aromatic rings. The van der Waals surface area contributed by atoms with Crippen LogP contribution >= 0.6 is 0 Å². The molecule has 2 nitrogen and oxygen atoms in total. The molecule has 0 unspecified atom stereocenters. The molecule has 1 saturated heterocycles. The van der Waals surface area contributed by atoms with Crippen molar-refractivity contribution in [2.45, 2.75) is 25.4 Å². The van der Waals surface area contributed by atoms with E-state index in [-0.39, 0.29) is 5.60 Å². The molecule has 0 aromatic carbocycles. The zero-order valence-corrected chi connectivity index (χ0v) is 5.78. The van der Waals surface area contributed by atoms with Crippen molar-refractivity contribution in [2.75, 3.05) is 13.1 Å². The van der Waals surface area contributed by atoms with Crippen molar-refractivity contribution in [1.82, 2.24) is 5.32 Å². The first-order chi connectivity index (χ1) is 4.12. The topological polar surface area (TPSA) is 32.3 Å². The summed E-state index contributed by atoms with van der Waals surface area (Å²) >= 11 is 0. The van der Waals surface area contributed by atoms with Crippen molar-refractivity contribution in [3.63, 3.8) is 0 Å². The van der Waals surface area contributed by atoms with E-state index in [0.717, 1.165) is 25.9 Å². The molecule has 52 valence electrons. The summed E-state index contributed by atoms with van der Waals surface area (Å²) in [5.41, 5.74) is 0.186. The van der Waals surface area contributed by atoms with Crippen molar-refractivity contribution >= 4 is 0 Å². The Kier molecular flexibility index (Phi) is 0.837. The van der Waals surface area contributed by atoms with E-state index in [4.69, 9.17) is 0 Å². The van der Waals surface area contributed by atoms with Gasteiger partial charge in [0.25, 0.3) is 0 Å². The monoisotopic (exact) mass is 127 g/mol. The summed E-state index contributed by atoms with van der Waals surface area (Å²) < 4.78 is 0. The molecule has 2 fully saturated rings. The first-order valence-corrected chi connectivity index (χ1v) is 3.55. The summed E-state index contributed by atoms with van der Waals surface area (Å²) in [6, 6.07) is 0. The van der Waals surface area contributed by atoms with E-state index in [0.29, 0.717) is 5.41 Å². The minimum Gasteiger partial charge on any atom is -0.390 e. The van der Waals surface area contributed by atoms with Crippen molar-refractivity contribution in [3.05, 3.63) is 0 Å². The predicted molar refractivity (Wildman–Crippen MR) is 35.2 cm³/mol. The zero-order chi connectivity index (χ0) is 6.54. The zero-order valence-electron chi connectivity index (χ0n) is 5.78. The van der Waals surface area contributed by atoms with Crippen LogP contribution in [0, 0.1) is 5.41 Å². The highest BCUT2D eigenvalue weighted by atomic mass is 16.3. The second-order valence-electron chi connectivity index (χ2n) is 3.95. The number of aliphatic hydroxyl groups is 1. The third-order valence-electron chi connectivity index (χ3n) is 2.51. The fraction of sp³-hybridized carbons (Fsp3) is 1.00. The minimum absolute atomic E-state index is 0.331. The minimum atomic E-state index is -0.331. The van der Waals surface area contributed by atoms with Crippen molar-refractivity contribution in [1.29, 1.82) is 0 Å². The summed E-state index contributed by atoms with van der Waals surface area (Å²) in [6.45, 7) is 4.18. The molecule has 1 aliphatic carbocycles. The highest BCUT2D eigenvalue weighted by molar-refractivity contribution is 5.08. The lowest BCUT2D eigenvalue weighted by Gasteiger charge is -2.57. The van der Waals surface area contributed by atoms with Gasteiger partial charge in [-0.05, 0) is 19.8 Å². The first-order valence-electron chi connectivity index (χ1n) is 3.55. The predicted octanol–water partition coefficient (Wildman–Crippen LogP) is 0.121. The summed E-state index contributed by atoms with van der Waals surface area (Å²) in [6.07, 6.45) is 2.01. The quantitative estimate of drug-likeness (QED) is 0.484. The van der Waals surface area contributed by atoms with Crippen LogP contribution in [0.15, 0.2) is 0 Å². The van der Waals surface area contributed by atoms with Gasteiger partial charge in [0.05, 0.1) is 5.60 Å². The van der Waals surface area contributed by atoms with E-state index in [1.54, 1.807) is 0 Å².